The molecule has 2 heterocycles. The lowest BCUT2D eigenvalue weighted by atomic mass is 10.0. The van der Waals surface area contributed by atoms with Crippen molar-refractivity contribution in [2.24, 2.45) is 0 Å². The van der Waals surface area contributed by atoms with Gasteiger partial charge in [0.05, 0.1) is 12.7 Å². The molecular formula is C16H12O4. The fraction of sp³-hybridized carbons (Fsp3) is 0.188. The summed E-state index contributed by atoms with van der Waals surface area (Å²) in [5.41, 5.74) is 1.49. The minimum Gasteiger partial charge on any atom is -0.497 e. The van der Waals surface area contributed by atoms with Crippen molar-refractivity contribution in [3.05, 3.63) is 59.7 Å². The first-order valence-electron chi connectivity index (χ1n) is 6.39. The molecule has 1 spiro atoms. The normalized spacial score (nSPS) is 26.2. The largest absolute Gasteiger partial charge is 0.497 e. The molecule has 4 rings (SSSR count). The highest BCUT2D eigenvalue weighted by Gasteiger charge is 2.69. The van der Waals surface area contributed by atoms with Crippen molar-refractivity contribution in [3.63, 3.8) is 0 Å². The lowest BCUT2D eigenvalue weighted by Gasteiger charge is -2.04. The Morgan fingerprint density at radius 2 is 1.95 bits per heavy atom. The van der Waals surface area contributed by atoms with Gasteiger partial charge < -0.3 is 14.2 Å². The van der Waals surface area contributed by atoms with Gasteiger partial charge in [0.15, 0.2) is 6.10 Å². The number of rotatable bonds is 2. The zero-order valence-electron chi connectivity index (χ0n) is 10.8. The molecule has 4 nitrogen and oxygen atoms in total. The number of hydrogen-bond donors (Lipinski definition) is 0. The number of fused-ring (bicyclic) bond motifs is 1. The third kappa shape index (κ3) is 1.42. The van der Waals surface area contributed by atoms with Crippen molar-refractivity contribution in [2.45, 2.75) is 11.9 Å². The van der Waals surface area contributed by atoms with Crippen LogP contribution in [-0.4, -0.2) is 18.7 Å². The van der Waals surface area contributed by atoms with Gasteiger partial charge in [-0.15, -0.1) is 0 Å². The molecule has 0 bridgehead atoms. The Bertz CT molecular complexity index is 695. The Labute approximate surface area is 115 Å². The van der Waals surface area contributed by atoms with E-state index in [-0.39, 0.29) is 11.9 Å². The summed E-state index contributed by atoms with van der Waals surface area (Å²) < 4.78 is 16.5. The van der Waals surface area contributed by atoms with Crippen LogP contribution >= 0.6 is 0 Å². The summed E-state index contributed by atoms with van der Waals surface area (Å²) in [4.78, 5) is 12.5. The van der Waals surface area contributed by atoms with Gasteiger partial charge in [0, 0.05) is 6.07 Å². The van der Waals surface area contributed by atoms with E-state index in [9.17, 15) is 4.79 Å². The topological polar surface area (TPSA) is 48.1 Å². The Kier molecular flexibility index (Phi) is 2.20. The maximum absolute atomic E-state index is 12.5. The summed E-state index contributed by atoms with van der Waals surface area (Å²) in [6.07, 6.45) is -0.338. The molecule has 100 valence electrons. The maximum atomic E-state index is 12.5. The molecule has 4 heteroatoms. The van der Waals surface area contributed by atoms with Gasteiger partial charge in [-0.25, -0.2) is 0 Å². The minimum absolute atomic E-state index is 0.121. The molecule has 1 fully saturated rings. The molecule has 0 amide bonds. The predicted molar refractivity (Wildman–Crippen MR) is 71.0 cm³/mol. The molecule has 1 saturated heterocycles. The number of methoxy groups -OCH3 is 1. The van der Waals surface area contributed by atoms with Gasteiger partial charge >= 0.3 is 5.79 Å². The maximum Gasteiger partial charge on any atom is 0.307 e. The number of carbonyl (C=O) groups excluding carboxylic acids is 1. The number of hydrogen-bond acceptors (Lipinski definition) is 4. The molecule has 2 aliphatic heterocycles. The number of ether oxygens (including phenoxy) is 3. The van der Waals surface area contributed by atoms with Crippen LogP contribution in [0.5, 0.6) is 11.5 Å². The summed E-state index contributed by atoms with van der Waals surface area (Å²) in [5, 5.41) is 0. The van der Waals surface area contributed by atoms with Gasteiger partial charge in [0.25, 0.3) is 0 Å². The van der Waals surface area contributed by atoms with Crippen LogP contribution in [0.25, 0.3) is 0 Å². The summed E-state index contributed by atoms with van der Waals surface area (Å²) in [6, 6.07) is 14.8. The van der Waals surface area contributed by atoms with Crippen LogP contribution in [0.3, 0.4) is 0 Å². The third-order valence-corrected chi connectivity index (χ3v) is 3.69. The molecule has 2 aromatic carbocycles. The molecule has 0 N–H and O–H groups in total. The average molecular weight is 268 g/mol. The zero-order chi connectivity index (χ0) is 13.7. The second kappa shape index (κ2) is 3.84. The first kappa shape index (κ1) is 11.5. The Morgan fingerprint density at radius 1 is 1.15 bits per heavy atom. The van der Waals surface area contributed by atoms with Crippen LogP contribution in [0.4, 0.5) is 0 Å². The van der Waals surface area contributed by atoms with Gasteiger partial charge in [0.2, 0.25) is 5.78 Å². The van der Waals surface area contributed by atoms with Crippen LogP contribution in [-0.2, 0) is 4.74 Å². The van der Waals surface area contributed by atoms with Gasteiger partial charge in [-0.05, 0) is 17.7 Å². The van der Waals surface area contributed by atoms with E-state index in [1.165, 1.54) is 0 Å². The van der Waals surface area contributed by atoms with E-state index in [0.717, 1.165) is 5.56 Å². The van der Waals surface area contributed by atoms with E-state index >= 15 is 0 Å². The second-order valence-corrected chi connectivity index (χ2v) is 4.87. The van der Waals surface area contributed by atoms with Gasteiger partial charge in [-0.3, -0.25) is 4.79 Å². The molecule has 0 radical (unpaired) electrons. The van der Waals surface area contributed by atoms with Crippen molar-refractivity contribution >= 4 is 5.78 Å². The van der Waals surface area contributed by atoms with Gasteiger partial charge in [-0.1, -0.05) is 30.3 Å². The second-order valence-electron chi connectivity index (χ2n) is 4.87. The molecular weight excluding hydrogens is 256 g/mol. The van der Waals surface area contributed by atoms with Crippen LogP contribution in [0.2, 0.25) is 0 Å². The number of carbonyl (C=O) groups is 1. The van der Waals surface area contributed by atoms with E-state index in [1.807, 2.05) is 30.3 Å². The summed E-state index contributed by atoms with van der Waals surface area (Å²) in [5.74, 6) is -0.113. The zero-order valence-corrected chi connectivity index (χ0v) is 10.8. The van der Waals surface area contributed by atoms with E-state index in [2.05, 4.69) is 0 Å². The molecule has 2 aromatic rings. The molecule has 2 aliphatic rings. The fourth-order valence-electron chi connectivity index (χ4n) is 2.61. The SMILES string of the molecule is COc1ccc2c(c1)O[C@@]1(O[C@@H]1c1ccccc1)C2=O. The first-order valence-corrected chi connectivity index (χ1v) is 6.39. The Hall–Kier alpha value is -2.33. The quantitative estimate of drug-likeness (QED) is 0.786. The van der Waals surface area contributed by atoms with Crippen LogP contribution < -0.4 is 9.47 Å². The van der Waals surface area contributed by atoms with E-state index < -0.39 is 5.79 Å². The van der Waals surface area contributed by atoms with E-state index in [4.69, 9.17) is 14.2 Å². The summed E-state index contributed by atoms with van der Waals surface area (Å²) >= 11 is 0. The van der Waals surface area contributed by atoms with Gasteiger partial charge in [-0.2, -0.15) is 0 Å². The Morgan fingerprint density at radius 3 is 2.70 bits per heavy atom. The molecule has 2 atom stereocenters. The van der Waals surface area contributed by atoms with E-state index in [1.54, 1.807) is 25.3 Å². The number of Topliss-reactive ketones (excluding diaryl/α,β-unsaturated/α-hetero) is 1. The fourth-order valence-corrected chi connectivity index (χ4v) is 2.61. The van der Waals surface area contributed by atoms with Crippen molar-refractivity contribution in [1.29, 1.82) is 0 Å². The Balaban J connectivity index is 1.70. The van der Waals surface area contributed by atoms with Crippen LogP contribution in [0.1, 0.15) is 22.0 Å². The van der Waals surface area contributed by atoms with Crippen molar-refractivity contribution in [1.82, 2.24) is 0 Å². The monoisotopic (exact) mass is 268 g/mol. The van der Waals surface area contributed by atoms with Crippen LogP contribution in [0, 0.1) is 0 Å². The summed E-state index contributed by atoms with van der Waals surface area (Å²) in [6.45, 7) is 0. The number of benzene rings is 2. The highest BCUT2D eigenvalue weighted by atomic mass is 16.8. The van der Waals surface area contributed by atoms with Crippen molar-refractivity contribution in [2.75, 3.05) is 7.11 Å². The van der Waals surface area contributed by atoms with E-state index in [0.29, 0.717) is 17.1 Å². The van der Waals surface area contributed by atoms with Crippen molar-refractivity contribution < 1.29 is 19.0 Å². The number of ketones is 1. The predicted octanol–water partition coefficient (Wildman–Crippen LogP) is 2.74. The van der Waals surface area contributed by atoms with Gasteiger partial charge in [0.1, 0.15) is 11.5 Å². The lowest BCUT2D eigenvalue weighted by Crippen LogP contribution is -2.25. The average Bonchev–Trinajstić information content (AvgIpc) is 3.15. The third-order valence-electron chi connectivity index (χ3n) is 3.69. The standard InChI is InChI=1S/C16H12O4/c1-18-11-7-8-12-13(9-11)19-16(14(12)17)15(20-16)10-5-3-2-4-6-10/h2-9,15H,1H3/t15-,16-/m1/s1. The first-order chi connectivity index (χ1) is 9.74. The lowest BCUT2D eigenvalue weighted by molar-refractivity contribution is 0.0537. The van der Waals surface area contributed by atoms with Crippen LogP contribution in [0.15, 0.2) is 48.5 Å². The molecule has 0 saturated carbocycles. The molecule has 0 unspecified atom stereocenters. The summed E-state index contributed by atoms with van der Waals surface area (Å²) in [7, 11) is 1.58. The molecule has 0 aromatic heterocycles. The molecule has 20 heavy (non-hydrogen) atoms. The number of epoxide rings is 1. The smallest absolute Gasteiger partial charge is 0.307 e. The minimum atomic E-state index is -1.17. The highest BCUT2D eigenvalue weighted by Crippen LogP contribution is 2.57. The molecule has 0 aliphatic carbocycles. The van der Waals surface area contributed by atoms with Crippen molar-refractivity contribution in [3.8, 4) is 11.5 Å². The highest BCUT2D eigenvalue weighted by molar-refractivity contribution is 6.08.